The number of halogens is 7. The topological polar surface area (TPSA) is 18.5 Å². The van der Waals surface area contributed by atoms with Gasteiger partial charge < -0.3 is 9.47 Å². The van der Waals surface area contributed by atoms with Gasteiger partial charge in [0.05, 0.1) is 12.2 Å². The number of hydrogen-bond acceptors (Lipinski definition) is 2. The zero-order valence-electron chi connectivity index (χ0n) is 16.7. The molecule has 1 unspecified atom stereocenters. The number of ether oxygens (including phenoxy) is 2. The number of rotatable bonds is 7. The summed E-state index contributed by atoms with van der Waals surface area (Å²) in [7, 11) is 0. The Bertz CT molecular complexity index is 925. The van der Waals surface area contributed by atoms with Crippen molar-refractivity contribution in [3.05, 3.63) is 64.2 Å². The summed E-state index contributed by atoms with van der Waals surface area (Å²) in [6.07, 6.45) is -8.49. The van der Waals surface area contributed by atoms with Gasteiger partial charge in [0.1, 0.15) is 17.4 Å². The molecule has 2 aromatic carbocycles. The molecule has 0 aromatic heterocycles. The first-order valence-electron chi connectivity index (χ1n) is 9.86. The number of fused-ring (bicyclic) bond motifs is 1. The van der Waals surface area contributed by atoms with E-state index < -0.39 is 54.4 Å². The largest absolute Gasteiger partial charge is 0.429 e. The Hall–Kier alpha value is -2.29. The molecule has 0 bridgehead atoms. The number of unbranched alkanes of at least 4 members (excludes halogenated alkanes) is 2. The Balaban J connectivity index is 1.78. The average molecular weight is 450 g/mol. The molecule has 0 radical (unpaired) electrons. The van der Waals surface area contributed by atoms with E-state index in [-0.39, 0.29) is 11.1 Å². The standard InChI is InChI=1S/C22H21F7O2/c1-2-3-4-5-13-6-7-17(19(24)8-13)22(28,29)31-15-9-14-12-30-20(21(25,26)27)11-16(14)18(23)10-15/h6-10,20H,2-5,11-12H2,1H3. The van der Waals surface area contributed by atoms with Crippen molar-refractivity contribution in [3.8, 4) is 5.75 Å². The van der Waals surface area contributed by atoms with Gasteiger partial charge in [-0.25, -0.2) is 8.78 Å². The van der Waals surface area contributed by atoms with Crippen LogP contribution in [0.2, 0.25) is 0 Å². The van der Waals surface area contributed by atoms with Gasteiger partial charge in [-0.05, 0) is 47.7 Å². The second-order valence-electron chi connectivity index (χ2n) is 7.48. The molecule has 170 valence electrons. The summed E-state index contributed by atoms with van der Waals surface area (Å²) in [5.41, 5.74) is -0.746. The summed E-state index contributed by atoms with van der Waals surface area (Å²) in [6, 6.07) is 4.87. The predicted molar refractivity (Wildman–Crippen MR) is 98.9 cm³/mol. The van der Waals surface area contributed by atoms with E-state index in [0.717, 1.165) is 37.5 Å². The van der Waals surface area contributed by atoms with Gasteiger partial charge in [-0.15, -0.1) is 0 Å². The molecule has 1 aliphatic heterocycles. The van der Waals surface area contributed by atoms with E-state index in [1.807, 2.05) is 6.92 Å². The molecule has 0 fully saturated rings. The van der Waals surface area contributed by atoms with Gasteiger partial charge in [-0.2, -0.15) is 22.0 Å². The van der Waals surface area contributed by atoms with Crippen molar-refractivity contribution in [1.29, 1.82) is 0 Å². The van der Waals surface area contributed by atoms with Crippen molar-refractivity contribution < 1.29 is 40.2 Å². The Kier molecular flexibility index (Phi) is 6.83. The van der Waals surface area contributed by atoms with Crippen LogP contribution in [0.1, 0.15) is 48.4 Å². The smallest absolute Gasteiger partial charge is 0.429 e. The molecule has 1 heterocycles. The molecule has 0 saturated heterocycles. The molecule has 9 heteroatoms. The zero-order chi connectivity index (χ0) is 22.8. The summed E-state index contributed by atoms with van der Waals surface area (Å²) in [5.74, 6) is -2.91. The highest BCUT2D eigenvalue weighted by Gasteiger charge is 2.44. The second-order valence-corrected chi connectivity index (χ2v) is 7.48. The van der Waals surface area contributed by atoms with Crippen LogP contribution in [0.25, 0.3) is 0 Å². The lowest BCUT2D eigenvalue weighted by molar-refractivity contribution is -0.226. The first-order chi connectivity index (χ1) is 14.5. The molecular formula is C22H21F7O2. The minimum absolute atomic E-state index is 0.0296. The van der Waals surface area contributed by atoms with Crippen molar-refractivity contribution in [2.75, 3.05) is 0 Å². The number of hydrogen-bond donors (Lipinski definition) is 0. The minimum Gasteiger partial charge on any atom is -0.429 e. The first-order valence-corrected chi connectivity index (χ1v) is 9.86. The third kappa shape index (κ3) is 5.50. The first kappa shape index (κ1) is 23.4. The fraction of sp³-hybridized carbons (Fsp3) is 0.455. The maximum Gasteiger partial charge on any atom is 0.429 e. The maximum atomic E-state index is 14.6. The van der Waals surface area contributed by atoms with Crippen LogP contribution in [0.15, 0.2) is 30.3 Å². The minimum atomic E-state index is -4.67. The molecule has 1 atom stereocenters. The summed E-state index contributed by atoms with van der Waals surface area (Å²) in [6.45, 7) is 1.39. The van der Waals surface area contributed by atoms with E-state index in [0.29, 0.717) is 18.1 Å². The number of aryl methyl sites for hydroxylation is 1. The Morgan fingerprint density at radius 1 is 1.00 bits per heavy atom. The summed E-state index contributed by atoms with van der Waals surface area (Å²) in [4.78, 5) is 0. The van der Waals surface area contributed by atoms with Crippen LogP contribution >= 0.6 is 0 Å². The van der Waals surface area contributed by atoms with Gasteiger partial charge >= 0.3 is 12.3 Å². The molecule has 0 N–H and O–H groups in total. The maximum absolute atomic E-state index is 14.6. The molecule has 0 aliphatic carbocycles. The molecular weight excluding hydrogens is 429 g/mol. The van der Waals surface area contributed by atoms with Gasteiger partial charge in [0.15, 0.2) is 6.10 Å². The van der Waals surface area contributed by atoms with Gasteiger partial charge in [-0.3, -0.25) is 0 Å². The van der Waals surface area contributed by atoms with Crippen molar-refractivity contribution in [3.63, 3.8) is 0 Å². The van der Waals surface area contributed by atoms with Gasteiger partial charge in [0.2, 0.25) is 0 Å². The summed E-state index contributed by atoms with van der Waals surface area (Å²) >= 11 is 0. The fourth-order valence-corrected chi connectivity index (χ4v) is 3.46. The lowest BCUT2D eigenvalue weighted by Crippen LogP contribution is -2.37. The molecule has 0 spiro atoms. The molecule has 31 heavy (non-hydrogen) atoms. The van der Waals surface area contributed by atoms with Crippen molar-refractivity contribution in [2.24, 2.45) is 0 Å². The van der Waals surface area contributed by atoms with Crippen LogP contribution < -0.4 is 4.74 Å². The lowest BCUT2D eigenvalue weighted by Gasteiger charge is -2.28. The van der Waals surface area contributed by atoms with Crippen molar-refractivity contribution >= 4 is 0 Å². The Morgan fingerprint density at radius 3 is 2.39 bits per heavy atom. The quantitative estimate of drug-likeness (QED) is 0.340. The van der Waals surface area contributed by atoms with Gasteiger partial charge in [0, 0.05) is 12.5 Å². The Labute approximate surface area is 175 Å². The monoisotopic (exact) mass is 450 g/mol. The molecule has 2 aromatic rings. The van der Waals surface area contributed by atoms with Crippen LogP contribution in [-0.4, -0.2) is 12.3 Å². The van der Waals surface area contributed by atoms with E-state index in [9.17, 15) is 30.7 Å². The zero-order valence-corrected chi connectivity index (χ0v) is 16.7. The van der Waals surface area contributed by atoms with Crippen LogP contribution in [-0.2, 0) is 30.3 Å². The SMILES string of the molecule is CCCCCc1ccc(C(F)(F)Oc2cc(F)c3c(c2)COC(C(F)(F)F)C3)c(F)c1. The van der Waals surface area contributed by atoms with Gasteiger partial charge in [-0.1, -0.05) is 25.8 Å². The molecule has 0 amide bonds. The Morgan fingerprint density at radius 2 is 1.74 bits per heavy atom. The molecule has 2 nitrogen and oxygen atoms in total. The van der Waals surface area contributed by atoms with Crippen LogP contribution in [0.3, 0.4) is 0 Å². The summed E-state index contributed by atoms with van der Waals surface area (Å²) < 4.78 is 105. The van der Waals surface area contributed by atoms with Crippen molar-refractivity contribution in [2.45, 2.75) is 64.0 Å². The highest BCUT2D eigenvalue weighted by molar-refractivity contribution is 5.39. The predicted octanol–water partition coefficient (Wildman–Crippen LogP) is 6.83. The van der Waals surface area contributed by atoms with Crippen LogP contribution in [0, 0.1) is 11.6 Å². The average Bonchev–Trinajstić information content (AvgIpc) is 2.66. The number of alkyl halides is 5. The van der Waals surface area contributed by atoms with Gasteiger partial charge in [0.25, 0.3) is 0 Å². The van der Waals surface area contributed by atoms with E-state index in [4.69, 9.17) is 0 Å². The van der Waals surface area contributed by atoms with E-state index >= 15 is 0 Å². The normalized spacial score (nSPS) is 16.8. The second kappa shape index (κ2) is 9.06. The fourth-order valence-electron chi connectivity index (χ4n) is 3.46. The number of benzene rings is 2. The van der Waals surface area contributed by atoms with E-state index in [1.54, 1.807) is 0 Å². The van der Waals surface area contributed by atoms with E-state index in [2.05, 4.69) is 9.47 Å². The van der Waals surface area contributed by atoms with E-state index in [1.165, 1.54) is 6.07 Å². The molecule has 3 rings (SSSR count). The lowest BCUT2D eigenvalue weighted by atomic mass is 9.98. The highest BCUT2D eigenvalue weighted by atomic mass is 19.4. The van der Waals surface area contributed by atoms with Crippen molar-refractivity contribution in [1.82, 2.24) is 0 Å². The third-order valence-corrected chi connectivity index (χ3v) is 5.12. The van der Waals surface area contributed by atoms with Crippen LogP contribution in [0.4, 0.5) is 30.7 Å². The molecule has 0 saturated carbocycles. The highest BCUT2D eigenvalue weighted by Crippen LogP contribution is 2.38. The van der Waals surface area contributed by atoms with Crippen LogP contribution in [0.5, 0.6) is 5.75 Å². The third-order valence-electron chi connectivity index (χ3n) is 5.12. The molecule has 1 aliphatic rings. The summed E-state index contributed by atoms with van der Waals surface area (Å²) in [5, 5.41) is 0.